The van der Waals surface area contributed by atoms with Crippen molar-refractivity contribution in [1.29, 1.82) is 0 Å². The molecular weight excluding hydrogens is 360 g/mol. The predicted octanol–water partition coefficient (Wildman–Crippen LogP) is 3.62. The van der Waals surface area contributed by atoms with E-state index in [2.05, 4.69) is 5.10 Å². The number of ether oxygens (including phenoxy) is 1. The Balaban J connectivity index is 1.90. The van der Waals surface area contributed by atoms with E-state index in [4.69, 9.17) is 4.74 Å². The zero-order valence-electron chi connectivity index (χ0n) is 15.8. The van der Waals surface area contributed by atoms with Gasteiger partial charge in [-0.2, -0.15) is 5.10 Å². The first-order valence-electron chi connectivity index (χ1n) is 8.63. The molecule has 1 aromatic heterocycles. The average molecular weight is 380 g/mol. The van der Waals surface area contributed by atoms with Gasteiger partial charge in [0.25, 0.3) is 11.6 Å². The number of nitro groups is 1. The highest BCUT2D eigenvalue weighted by Crippen LogP contribution is 2.27. The second-order valence-electron chi connectivity index (χ2n) is 6.27. The number of carbonyl (C=O) groups is 1. The molecule has 1 atom stereocenters. The number of hydrogen-bond acceptors (Lipinski definition) is 5. The van der Waals surface area contributed by atoms with Crippen molar-refractivity contribution in [3.63, 3.8) is 0 Å². The Labute approximate surface area is 162 Å². The molecule has 1 unspecified atom stereocenters. The van der Waals surface area contributed by atoms with Crippen LogP contribution in [0.4, 0.5) is 5.69 Å². The van der Waals surface area contributed by atoms with Gasteiger partial charge < -0.3 is 9.64 Å². The van der Waals surface area contributed by atoms with Gasteiger partial charge in [0.05, 0.1) is 30.0 Å². The molecule has 1 amide bonds. The fourth-order valence-electron chi connectivity index (χ4n) is 2.83. The quantitative estimate of drug-likeness (QED) is 0.481. The highest BCUT2D eigenvalue weighted by atomic mass is 16.6. The third-order valence-electron chi connectivity index (χ3n) is 4.59. The first-order valence-corrected chi connectivity index (χ1v) is 8.63. The highest BCUT2D eigenvalue weighted by Gasteiger charge is 2.26. The Hall–Kier alpha value is -3.68. The van der Waals surface area contributed by atoms with Crippen molar-refractivity contribution in [1.82, 2.24) is 14.7 Å². The molecule has 0 spiro atoms. The van der Waals surface area contributed by atoms with Crippen molar-refractivity contribution in [2.75, 3.05) is 14.2 Å². The Bertz CT molecular complexity index is 1000. The smallest absolute Gasteiger partial charge is 0.278 e. The van der Waals surface area contributed by atoms with E-state index in [0.29, 0.717) is 11.3 Å². The third kappa shape index (κ3) is 3.71. The van der Waals surface area contributed by atoms with E-state index >= 15 is 0 Å². The number of rotatable bonds is 6. The maximum absolute atomic E-state index is 13.0. The van der Waals surface area contributed by atoms with Gasteiger partial charge in [0.1, 0.15) is 0 Å². The molecule has 3 rings (SSSR count). The first kappa shape index (κ1) is 19.1. The van der Waals surface area contributed by atoms with Crippen LogP contribution in [0.2, 0.25) is 0 Å². The summed E-state index contributed by atoms with van der Waals surface area (Å²) >= 11 is 0. The maximum Gasteiger partial charge on any atom is 0.278 e. The first-order chi connectivity index (χ1) is 13.4. The van der Waals surface area contributed by atoms with Gasteiger partial charge in [0.15, 0.2) is 11.4 Å². The van der Waals surface area contributed by atoms with Crippen molar-refractivity contribution >= 4 is 11.6 Å². The molecule has 0 aliphatic carbocycles. The van der Waals surface area contributed by atoms with Crippen LogP contribution in [0.3, 0.4) is 0 Å². The Morgan fingerprint density at radius 3 is 2.57 bits per heavy atom. The molecule has 1 heterocycles. The van der Waals surface area contributed by atoms with Crippen LogP contribution < -0.4 is 4.74 Å². The lowest BCUT2D eigenvalue weighted by atomic mass is 10.1. The average Bonchev–Trinajstić information content (AvgIpc) is 3.17. The summed E-state index contributed by atoms with van der Waals surface area (Å²) in [4.78, 5) is 25.1. The second kappa shape index (κ2) is 7.91. The minimum atomic E-state index is -0.456. The normalized spacial score (nSPS) is 11.7. The van der Waals surface area contributed by atoms with Gasteiger partial charge in [0, 0.05) is 19.2 Å². The van der Waals surface area contributed by atoms with Crippen LogP contribution in [0.15, 0.2) is 60.8 Å². The van der Waals surface area contributed by atoms with E-state index < -0.39 is 4.92 Å². The number of para-hydroxylation sites is 1. The molecule has 8 heteroatoms. The van der Waals surface area contributed by atoms with Crippen LogP contribution in [-0.4, -0.2) is 39.7 Å². The molecule has 3 aromatic rings. The molecule has 8 nitrogen and oxygen atoms in total. The van der Waals surface area contributed by atoms with Crippen LogP contribution in [0.5, 0.6) is 5.75 Å². The Morgan fingerprint density at radius 2 is 1.93 bits per heavy atom. The number of non-ortho nitro benzene ring substituents is 1. The summed E-state index contributed by atoms with van der Waals surface area (Å²) in [6.45, 7) is 1.80. The molecule has 0 aliphatic rings. The standard InChI is InChI=1S/C20H20N4O4/c1-14(15-8-7-11-17(12-15)24(26)27)22(2)20(25)19-18(28-3)13-23(21-19)16-9-5-4-6-10-16/h4-14H,1-3H3. The molecule has 0 fully saturated rings. The van der Waals surface area contributed by atoms with E-state index in [0.717, 1.165) is 5.69 Å². The zero-order valence-corrected chi connectivity index (χ0v) is 15.8. The molecule has 2 aromatic carbocycles. The van der Waals surface area contributed by atoms with E-state index in [-0.39, 0.29) is 23.3 Å². The largest absolute Gasteiger partial charge is 0.493 e. The Morgan fingerprint density at radius 1 is 1.21 bits per heavy atom. The molecular formula is C20H20N4O4. The van der Waals surface area contributed by atoms with Gasteiger partial charge in [0.2, 0.25) is 0 Å². The molecule has 0 bridgehead atoms. The fourth-order valence-corrected chi connectivity index (χ4v) is 2.83. The number of amides is 1. The maximum atomic E-state index is 13.0. The number of carbonyl (C=O) groups excluding carboxylic acids is 1. The van der Waals surface area contributed by atoms with Crippen LogP contribution in [0.25, 0.3) is 5.69 Å². The van der Waals surface area contributed by atoms with Crippen LogP contribution in [0, 0.1) is 10.1 Å². The predicted molar refractivity (Wildman–Crippen MR) is 104 cm³/mol. The van der Waals surface area contributed by atoms with Crippen molar-refractivity contribution in [2.24, 2.45) is 0 Å². The van der Waals surface area contributed by atoms with Crippen LogP contribution >= 0.6 is 0 Å². The number of aromatic nitrogens is 2. The molecule has 0 radical (unpaired) electrons. The van der Waals surface area contributed by atoms with Gasteiger partial charge >= 0.3 is 0 Å². The van der Waals surface area contributed by atoms with Gasteiger partial charge in [-0.25, -0.2) is 4.68 Å². The number of benzene rings is 2. The van der Waals surface area contributed by atoms with E-state index in [1.54, 1.807) is 37.0 Å². The fraction of sp³-hybridized carbons (Fsp3) is 0.200. The molecule has 0 N–H and O–H groups in total. The van der Waals surface area contributed by atoms with Crippen LogP contribution in [-0.2, 0) is 0 Å². The number of nitro benzene ring substituents is 1. The molecule has 28 heavy (non-hydrogen) atoms. The molecule has 144 valence electrons. The summed E-state index contributed by atoms with van der Waals surface area (Å²) < 4.78 is 6.92. The number of hydrogen-bond donors (Lipinski definition) is 0. The topological polar surface area (TPSA) is 90.5 Å². The second-order valence-corrected chi connectivity index (χ2v) is 6.27. The van der Waals surface area contributed by atoms with Gasteiger partial charge in [-0.1, -0.05) is 30.3 Å². The molecule has 0 aliphatic heterocycles. The lowest BCUT2D eigenvalue weighted by Gasteiger charge is -2.24. The van der Waals surface area contributed by atoms with Crippen molar-refractivity contribution in [3.8, 4) is 11.4 Å². The zero-order chi connectivity index (χ0) is 20.3. The summed E-state index contributed by atoms with van der Waals surface area (Å²) in [6.07, 6.45) is 1.65. The van der Waals surface area contributed by atoms with Crippen molar-refractivity contribution < 1.29 is 14.5 Å². The van der Waals surface area contributed by atoms with Crippen molar-refractivity contribution in [3.05, 3.63) is 82.2 Å². The summed E-state index contributed by atoms with van der Waals surface area (Å²) in [5.74, 6) is 0.0116. The van der Waals surface area contributed by atoms with Gasteiger partial charge in [-0.05, 0) is 24.6 Å². The highest BCUT2D eigenvalue weighted by molar-refractivity contribution is 5.95. The van der Waals surface area contributed by atoms with Crippen molar-refractivity contribution in [2.45, 2.75) is 13.0 Å². The van der Waals surface area contributed by atoms with Gasteiger partial charge in [-0.15, -0.1) is 0 Å². The lowest BCUT2D eigenvalue weighted by Crippen LogP contribution is -2.30. The van der Waals surface area contributed by atoms with E-state index in [9.17, 15) is 14.9 Å². The third-order valence-corrected chi connectivity index (χ3v) is 4.59. The lowest BCUT2D eigenvalue weighted by molar-refractivity contribution is -0.384. The summed E-state index contributed by atoms with van der Waals surface area (Å²) in [7, 11) is 3.11. The minimum absolute atomic E-state index is 0.0175. The van der Waals surface area contributed by atoms with Gasteiger partial charge in [-0.3, -0.25) is 14.9 Å². The van der Waals surface area contributed by atoms with Crippen LogP contribution in [0.1, 0.15) is 29.0 Å². The minimum Gasteiger partial charge on any atom is -0.493 e. The summed E-state index contributed by atoms with van der Waals surface area (Å²) in [6, 6.07) is 15.2. The summed E-state index contributed by atoms with van der Waals surface area (Å²) in [5.41, 5.74) is 1.61. The Kier molecular flexibility index (Phi) is 5.39. The summed E-state index contributed by atoms with van der Waals surface area (Å²) in [5, 5.41) is 15.4. The molecule has 0 saturated heterocycles. The SMILES string of the molecule is COc1cn(-c2ccccc2)nc1C(=O)N(C)C(C)c1cccc([N+](=O)[O-])c1. The van der Waals surface area contributed by atoms with E-state index in [1.165, 1.54) is 24.1 Å². The monoisotopic (exact) mass is 380 g/mol. The number of methoxy groups -OCH3 is 1. The van der Waals surface area contributed by atoms with E-state index in [1.807, 2.05) is 30.3 Å². The molecule has 0 saturated carbocycles. The number of nitrogens with zero attached hydrogens (tertiary/aromatic N) is 4.